The van der Waals surface area contributed by atoms with Gasteiger partial charge in [-0.2, -0.15) is 0 Å². The molecule has 100 valence electrons. The van der Waals surface area contributed by atoms with Crippen molar-refractivity contribution in [2.24, 2.45) is 5.92 Å². The van der Waals surface area contributed by atoms with E-state index in [9.17, 15) is 0 Å². The highest BCUT2D eigenvalue weighted by Gasteiger charge is 2.19. The minimum atomic E-state index is 0.794. The molecule has 1 N–H and O–H groups in total. The molecule has 0 saturated heterocycles. The predicted octanol–water partition coefficient (Wildman–Crippen LogP) is 4.92. The Kier molecular flexibility index (Phi) is 5.71. The fourth-order valence-corrected chi connectivity index (χ4v) is 2.96. The Morgan fingerprint density at radius 1 is 1.28 bits per heavy atom. The van der Waals surface area contributed by atoms with E-state index in [1.165, 1.54) is 46.7 Å². The topological polar surface area (TPSA) is 12.0 Å². The summed E-state index contributed by atoms with van der Waals surface area (Å²) in [5.74, 6) is 0.794. The number of aryl methyl sites for hydroxylation is 1. The van der Waals surface area contributed by atoms with E-state index in [-0.39, 0.29) is 0 Å². The van der Waals surface area contributed by atoms with Crippen LogP contribution in [0.2, 0.25) is 0 Å². The van der Waals surface area contributed by atoms with Crippen LogP contribution in [0.4, 0.5) is 0 Å². The zero-order valence-corrected chi connectivity index (χ0v) is 14.1. The third-order valence-electron chi connectivity index (χ3n) is 3.56. The van der Waals surface area contributed by atoms with Crippen molar-refractivity contribution in [2.75, 3.05) is 6.54 Å². The number of hydrogen-bond acceptors (Lipinski definition) is 1. The summed E-state index contributed by atoms with van der Waals surface area (Å²) in [6, 6.07) is 7.27. The monoisotopic (exact) mass is 373 g/mol. The van der Waals surface area contributed by atoms with Gasteiger partial charge in [0.25, 0.3) is 0 Å². The zero-order chi connectivity index (χ0) is 13.0. The van der Waals surface area contributed by atoms with Gasteiger partial charge in [0.2, 0.25) is 0 Å². The normalized spacial score (nSPS) is 16.8. The van der Waals surface area contributed by atoms with Crippen molar-refractivity contribution in [3.63, 3.8) is 0 Å². The molecule has 2 rings (SSSR count). The number of halogens is 2. The Bertz CT molecular complexity index is 388. The van der Waals surface area contributed by atoms with Crippen LogP contribution in [-0.4, -0.2) is 12.6 Å². The van der Waals surface area contributed by atoms with Crippen molar-refractivity contribution in [1.29, 1.82) is 0 Å². The average Bonchev–Trinajstić information content (AvgIpc) is 3.14. The summed E-state index contributed by atoms with van der Waals surface area (Å²) in [5.41, 5.74) is 1.41. The first kappa shape index (κ1) is 14.5. The largest absolute Gasteiger partial charge is 0.314 e. The van der Waals surface area contributed by atoms with Gasteiger partial charge < -0.3 is 5.32 Å². The molecule has 0 heterocycles. The quantitative estimate of drug-likeness (QED) is 0.713. The van der Waals surface area contributed by atoms with Crippen LogP contribution in [0.15, 0.2) is 27.1 Å². The van der Waals surface area contributed by atoms with E-state index in [1.54, 1.807) is 0 Å². The highest BCUT2D eigenvalue weighted by atomic mass is 79.9. The molecule has 1 aromatic carbocycles. The lowest BCUT2D eigenvalue weighted by Gasteiger charge is -2.12. The van der Waals surface area contributed by atoms with Crippen LogP contribution in [0.25, 0.3) is 0 Å². The molecule has 0 aromatic heterocycles. The highest BCUT2D eigenvalue weighted by Crippen LogP contribution is 2.24. The zero-order valence-electron chi connectivity index (χ0n) is 10.9. The molecule has 0 radical (unpaired) electrons. The van der Waals surface area contributed by atoms with E-state index in [4.69, 9.17) is 0 Å². The molecule has 1 aliphatic carbocycles. The van der Waals surface area contributed by atoms with Crippen molar-refractivity contribution in [3.8, 4) is 0 Å². The molecule has 1 aromatic rings. The van der Waals surface area contributed by atoms with Crippen LogP contribution in [-0.2, 0) is 6.42 Å². The maximum atomic E-state index is 3.63. The van der Waals surface area contributed by atoms with Gasteiger partial charge in [-0.25, -0.2) is 0 Å². The first-order valence-electron chi connectivity index (χ1n) is 6.82. The summed E-state index contributed by atoms with van der Waals surface area (Å²) in [5, 5.41) is 3.59. The molecule has 0 amide bonds. The second-order valence-corrected chi connectivity index (χ2v) is 7.17. The van der Waals surface area contributed by atoms with Crippen molar-refractivity contribution >= 4 is 31.9 Å². The summed E-state index contributed by atoms with van der Waals surface area (Å²) in [6.45, 7) is 3.55. The Balaban J connectivity index is 1.70. The molecule has 1 saturated carbocycles. The molecule has 0 bridgehead atoms. The molecule has 1 atom stereocenters. The summed E-state index contributed by atoms with van der Waals surface area (Å²) >= 11 is 7.16. The van der Waals surface area contributed by atoms with Crippen molar-refractivity contribution in [1.82, 2.24) is 5.32 Å². The van der Waals surface area contributed by atoms with Gasteiger partial charge in [-0.1, -0.05) is 38.8 Å². The Morgan fingerprint density at radius 2 is 2.06 bits per heavy atom. The van der Waals surface area contributed by atoms with E-state index in [0.717, 1.165) is 18.4 Å². The van der Waals surface area contributed by atoms with Crippen LogP contribution >= 0.6 is 31.9 Å². The maximum Gasteiger partial charge on any atom is 0.0208 e. The van der Waals surface area contributed by atoms with Crippen LogP contribution in [0, 0.1) is 5.92 Å². The predicted molar refractivity (Wildman–Crippen MR) is 85.0 cm³/mol. The van der Waals surface area contributed by atoms with Gasteiger partial charge in [0, 0.05) is 15.0 Å². The van der Waals surface area contributed by atoms with Crippen molar-refractivity contribution < 1.29 is 0 Å². The van der Waals surface area contributed by atoms with Crippen molar-refractivity contribution in [2.45, 2.75) is 45.1 Å². The molecule has 1 nitrogen and oxygen atoms in total. The van der Waals surface area contributed by atoms with Gasteiger partial charge in [-0.3, -0.25) is 0 Å². The molecular weight excluding hydrogens is 354 g/mol. The van der Waals surface area contributed by atoms with Gasteiger partial charge in [0.1, 0.15) is 0 Å². The Labute approximate surface area is 127 Å². The Hall–Kier alpha value is 0.140. The third-order valence-corrected chi connectivity index (χ3v) is 4.83. The lowest BCUT2D eigenvalue weighted by molar-refractivity contribution is 0.469. The van der Waals surface area contributed by atoms with Gasteiger partial charge in [-0.05, 0) is 68.3 Å². The lowest BCUT2D eigenvalue weighted by atomic mass is 9.98. The van der Waals surface area contributed by atoms with E-state index in [1.807, 2.05) is 0 Å². The standard InChI is InChI=1S/C15H21Br2N/c1-11(8-9-18-14-5-6-14)2-3-12-10-13(16)4-7-15(12)17/h4,7,10-11,14,18H,2-3,5-6,8-9H2,1H3. The maximum absolute atomic E-state index is 3.63. The third kappa shape index (κ3) is 5.02. The van der Waals surface area contributed by atoms with Crippen LogP contribution in [0.5, 0.6) is 0 Å². The molecule has 1 fully saturated rings. The number of nitrogens with one attached hydrogen (secondary N) is 1. The van der Waals surface area contributed by atoms with Crippen molar-refractivity contribution in [3.05, 3.63) is 32.7 Å². The van der Waals surface area contributed by atoms with E-state index < -0.39 is 0 Å². The minimum Gasteiger partial charge on any atom is -0.314 e. The molecule has 3 heteroatoms. The SMILES string of the molecule is CC(CCNC1CC1)CCc1cc(Br)ccc1Br. The van der Waals surface area contributed by atoms with Gasteiger partial charge in [-0.15, -0.1) is 0 Å². The van der Waals surface area contributed by atoms with Crippen LogP contribution in [0.3, 0.4) is 0 Å². The molecule has 0 aliphatic heterocycles. The summed E-state index contributed by atoms with van der Waals surface area (Å²) in [7, 11) is 0. The van der Waals surface area contributed by atoms with Crippen LogP contribution < -0.4 is 5.32 Å². The second kappa shape index (κ2) is 7.06. The summed E-state index contributed by atoms with van der Waals surface area (Å²) in [6.07, 6.45) is 6.49. The summed E-state index contributed by atoms with van der Waals surface area (Å²) in [4.78, 5) is 0. The number of benzene rings is 1. The van der Waals surface area contributed by atoms with Crippen LogP contribution in [0.1, 0.15) is 38.2 Å². The van der Waals surface area contributed by atoms with E-state index in [2.05, 4.69) is 62.3 Å². The highest BCUT2D eigenvalue weighted by molar-refractivity contribution is 9.11. The fourth-order valence-electron chi connectivity index (χ4n) is 2.10. The molecule has 1 unspecified atom stereocenters. The first-order valence-corrected chi connectivity index (χ1v) is 8.41. The molecule has 0 spiro atoms. The van der Waals surface area contributed by atoms with Gasteiger partial charge >= 0.3 is 0 Å². The fraction of sp³-hybridized carbons (Fsp3) is 0.600. The lowest BCUT2D eigenvalue weighted by Crippen LogP contribution is -2.19. The second-order valence-electron chi connectivity index (χ2n) is 5.40. The Morgan fingerprint density at radius 3 is 2.78 bits per heavy atom. The molecular formula is C15H21Br2N. The molecule has 18 heavy (non-hydrogen) atoms. The first-order chi connectivity index (χ1) is 8.65. The smallest absolute Gasteiger partial charge is 0.0208 e. The molecule has 1 aliphatic rings. The summed E-state index contributed by atoms with van der Waals surface area (Å²) < 4.78 is 2.40. The minimum absolute atomic E-state index is 0.794. The van der Waals surface area contributed by atoms with E-state index >= 15 is 0 Å². The van der Waals surface area contributed by atoms with Gasteiger partial charge in [0.05, 0.1) is 0 Å². The van der Waals surface area contributed by atoms with Gasteiger partial charge in [0.15, 0.2) is 0 Å². The number of rotatable bonds is 7. The average molecular weight is 375 g/mol. The number of hydrogen-bond donors (Lipinski definition) is 1. The van der Waals surface area contributed by atoms with E-state index in [0.29, 0.717) is 0 Å².